The summed E-state index contributed by atoms with van der Waals surface area (Å²) in [5.41, 5.74) is 3.73. The summed E-state index contributed by atoms with van der Waals surface area (Å²) in [7, 11) is 0. The lowest BCUT2D eigenvalue weighted by Gasteiger charge is -2.08. The van der Waals surface area contributed by atoms with Gasteiger partial charge in [-0.15, -0.1) is 11.3 Å². The molecule has 0 fully saturated rings. The summed E-state index contributed by atoms with van der Waals surface area (Å²) in [6, 6.07) is 8.16. The molecule has 4 aromatic rings. The maximum absolute atomic E-state index is 13.1. The summed E-state index contributed by atoms with van der Waals surface area (Å²) in [5, 5.41) is 4.86. The van der Waals surface area contributed by atoms with E-state index in [1.54, 1.807) is 6.92 Å². The summed E-state index contributed by atoms with van der Waals surface area (Å²) in [5.74, 6) is -0.569. The minimum absolute atomic E-state index is 0.0408. The van der Waals surface area contributed by atoms with Gasteiger partial charge in [-0.3, -0.25) is 14.5 Å². The van der Waals surface area contributed by atoms with Crippen LogP contribution in [0.1, 0.15) is 32.9 Å². The van der Waals surface area contributed by atoms with Crippen LogP contribution in [-0.4, -0.2) is 20.3 Å². The largest absolute Gasteiger partial charge is 0.417 e. The van der Waals surface area contributed by atoms with Gasteiger partial charge in [0.2, 0.25) is 0 Å². The Kier molecular flexibility index (Phi) is 4.85. The van der Waals surface area contributed by atoms with Crippen molar-refractivity contribution >= 4 is 28.0 Å². The average Bonchev–Trinajstić information content (AvgIpc) is 3.26. The SMILES string of the molecule is Cc1ccc(-c2csc(NC(=O)c3c(C)nc4ccc(C(F)(F)F)cn34)n2)cc1C. The number of rotatable bonds is 3. The lowest BCUT2D eigenvalue weighted by molar-refractivity contribution is -0.137. The standard InChI is InChI=1S/C21H17F3N4OS/c1-11-4-5-14(8-12(11)2)16-10-30-20(26-16)27-19(29)18-13(3)25-17-7-6-15(9-28(17)18)21(22,23)24/h4-10H,1-3H3,(H,26,27,29). The average molecular weight is 430 g/mol. The number of hydrogen-bond acceptors (Lipinski definition) is 4. The van der Waals surface area contributed by atoms with Gasteiger partial charge in [-0.1, -0.05) is 12.1 Å². The third-order valence-corrected chi connectivity index (χ3v) is 5.62. The Morgan fingerprint density at radius 2 is 1.83 bits per heavy atom. The Morgan fingerprint density at radius 1 is 1.07 bits per heavy atom. The van der Waals surface area contributed by atoms with Crippen molar-refractivity contribution in [1.82, 2.24) is 14.4 Å². The molecule has 9 heteroatoms. The number of carbonyl (C=O) groups excluding carboxylic acids is 1. The molecule has 154 valence electrons. The predicted molar refractivity (Wildman–Crippen MR) is 110 cm³/mol. The highest BCUT2D eigenvalue weighted by molar-refractivity contribution is 7.14. The van der Waals surface area contributed by atoms with E-state index < -0.39 is 17.6 Å². The molecule has 0 spiro atoms. The van der Waals surface area contributed by atoms with E-state index in [0.717, 1.165) is 27.8 Å². The van der Waals surface area contributed by atoms with Crippen LogP contribution in [0.25, 0.3) is 16.9 Å². The number of fused-ring (bicyclic) bond motifs is 1. The highest BCUT2D eigenvalue weighted by Crippen LogP contribution is 2.30. The van der Waals surface area contributed by atoms with Crippen molar-refractivity contribution in [3.05, 3.63) is 70.0 Å². The Labute approximate surface area is 174 Å². The highest BCUT2D eigenvalue weighted by atomic mass is 32.1. The maximum Gasteiger partial charge on any atom is 0.417 e. The molecular weight excluding hydrogens is 413 g/mol. The molecule has 1 aromatic carbocycles. The van der Waals surface area contributed by atoms with Gasteiger partial charge in [0, 0.05) is 17.1 Å². The van der Waals surface area contributed by atoms with E-state index in [2.05, 4.69) is 15.3 Å². The van der Waals surface area contributed by atoms with E-state index in [-0.39, 0.29) is 11.3 Å². The molecule has 0 saturated carbocycles. The molecule has 0 aliphatic rings. The molecule has 0 unspecified atom stereocenters. The van der Waals surface area contributed by atoms with Gasteiger partial charge in [0.05, 0.1) is 17.0 Å². The van der Waals surface area contributed by atoms with E-state index in [0.29, 0.717) is 16.5 Å². The minimum Gasteiger partial charge on any atom is -0.296 e. The third kappa shape index (κ3) is 3.68. The maximum atomic E-state index is 13.1. The van der Waals surface area contributed by atoms with Gasteiger partial charge in [0.25, 0.3) is 5.91 Å². The van der Waals surface area contributed by atoms with E-state index in [4.69, 9.17) is 0 Å². The monoisotopic (exact) mass is 430 g/mol. The number of halogens is 3. The Morgan fingerprint density at radius 3 is 2.53 bits per heavy atom. The van der Waals surface area contributed by atoms with Crippen LogP contribution in [0.2, 0.25) is 0 Å². The van der Waals surface area contributed by atoms with Crippen molar-refractivity contribution in [2.45, 2.75) is 26.9 Å². The van der Waals surface area contributed by atoms with E-state index in [1.807, 2.05) is 37.4 Å². The molecule has 0 atom stereocenters. The van der Waals surface area contributed by atoms with Crippen LogP contribution in [-0.2, 0) is 6.18 Å². The smallest absolute Gasteiger partial charge is 0.296 e. The molecule has 0 saturated heterocycles. The second kappa shape index (κ2) is 7.24. The number of aromatic nitrogens is 3. The quantitative estimate of drug-likeness (QED) is 0.457. The van der Waals surface area contributed by atoms with Gasteiger partial charge >= 0.3 is 6.18 Å². The normalized spacial score (nSPS) is 11.8. The summed E-state index contributed by atoms with van der Waals surface area (Å²) in [6.07, 6.45) is -3.64. The molecule has 1 amide bonds. The zero-order valence-electron chi connectivity index (χ0n) is 16.3. The zero-order valence-corrected chi connectivity index (χ0v) is 17.1. The molecule has 4 rings (SSSR count). The van der Waals surface area contributed by atoms with E-state index in [9.17, 15) is 18.0 Å². The number of pyridine rings is 1. The van der Waals surface area contributed by atoms with Crippen LogP contribution >= 0.6 is 11.3 Å². The molecule has 1 N–H and O–H groups in total. The van der Waals surface area contributed by atoms with Gasteiger partial charge < -0.3 is 0 Å². The summed E-state index contributed by atoms with van der Waals surface area (Å²) >= 11 is 1.25. The van der Waals surface area contributed by atoms with Gasteiger partial charge in [0.1, 0.15) is 11.3 Å². The number of benzene rings is 1. The number of anilines is 1. The lowest BCUT2D eigenvalue weighted by Crippen LogP contribution is -2.16. The van der Waals surface area contributed by atoms with Crippen molar-refractivity contribution in [2.24, 2.45) is 0 Å². The van der Waals surface area contributed by atoms with Crippen LogP contribution in [0.3, 0.4) is 0 Å². The number of thiazole rings is 1. The molecule has 5 nitrogen and oxygen atoms in total. The van der Waals surface area contributed by atoms with Gasteiger partial charge in [-0.05, 0) is 50.1 Å². The first kappa shape index (κ1) is 20.1. The summed E-state index contributed by atoms with van der Waals surface area (Å²) in [4.78, 5) is 21.5. The highest BCUT2D eigenvalue weighted by Gasteiger charge is 2.31. The van der Waals surface area contributed by atoms with Crippen molar-refractivity contribution < 1.29 is 18.0 Å². The predicted octanol–water partition coefficient (Wildman–Crippen LogP) is 5.65. The topological polar surface area (TPSA) is 59.3 Å². The van der Waals surface area contributed by atoms with Crippen LogP contribution in [0.5, 0.6) is 0 Å². The third-order valence-electron chi connectivity index (χ3n) is 4.86. The number of carbonyl (C=O) groups is 1. The number of aryl methyl sites for hydroxylation is 3. The number of nitrogens with zero attached hydrogens (tertiary/aromatic N) is 3. The van der Waals surface area contributed by atoms with Gasteiger partial charge in [0.15, 0.2) is 5.13 Å². The lowest BCUT2D eigenvalue weighted by atomic mass is 10.1. The molecule has 0 aliphatic heterocycles. The van der Waals surface area contributed by atoms with Crippen LogP contribution in [0.4, 0.5) is 18.3 Å². The van der Waals surface area contributed by atoms with Crippen molar-refractivity contribution in [3.8, 4) is 11.3 Å². The van der Waals surface area contributed by atoms with E-state index in [1.165, 1.54) is 23.0 Å². The zero-order chi connectivity index (χ0) is 21.6. The van der Waals surface area contributed by atoms with Crippen molar-refractivity contribution in [3.63, 3.8) is 0 Å². The van der Waals surface area contributed by atoms with Crippen molar-refractivity contribution in [1.29, 1.82) is 0 Å². The molecule has 0 aliphatic carbocycles. The van der Waals surface area contributed by atoms with Crippen LogP contribution < -0.4 is 5.32 Å². The molecule has 3 aromatic heterocycles. The number of nitrogens with one attached hydrogen (secondary N) is 1. The molecular formula is C21H17F3N4OS. The van der Waals surface area contributed by atoms with E-state index >= 15 is 0 Å². The first-order valence-corrected chi connectivity index (χ1v) is 9.92. The van der Waals surface area contributed by atoms with Crippen molar-refractivity contribution in [2.75, 3.05) is 5.32 Å². The fourth-order valence-electron chi connectivity index (χ4n) is 3.12. The number of imidazole rings is 1. The molecule has 0 bridgehead atoms. The number of amides is 1. The first-order chi connectivity index (χ1) is 14.1. The number of alkyl halides is 3. The fourth-order valence-corrected chi connectivity index (χ4v) is 3.84. The first-order valence-electron chi connectivity index (χ1n) is 9.04. The fraction of sp³-hybridized carbons (Fsp3) is 0.190. The van der Waals surface area contributed by atoms with Crippen LogP contribution in [0, 0.1) is 20.8 Å². The van der Waals surface area contributed by atoms with Gasteiger partial charge in [-0.2, -0.15) is 13.2 Å². The Bertz CT molecular complexity index is 1270. The Balaban J connectivity index is 1.64. The molecule has 3 heterocycles. The minimum atomic E-state index is -4.52. The van der Waals surface area contributed by atoms with Crippen LogP contribution in [0.15, 0.2) is 41.9 Å². The number of hydrogen-bond donors (Lipinski definition) is 1. The molecule has 0 radical (unpaired) electrons. The second-order valence-electron chi connectivity index (χ2n) is 6.98. The van der Waals surface area contributed by atoms with Gasteiger partial charge in [-0.25, -0.2) is 9.97 Å². The molecule has 30 heavy (non-hydrogen) atoms. The summed E-state index contributed by atoms with van der Waals surface area (Å²) in [6.45, 7) is 5.61. The summed E-state index contributed by atoms with van der Waals surface area (Å²) < 4.78 is 40.4. The Hall–Kier alpha value is -3.20. The second-order valence-corrected chi connectivity index (χ2v) is 7.84.